The maximum absolute atomic E-state index is 11.3. The number of rotatable bonds is 4. The summed E-state index contributed by atoms with van der Waals surface area (Å²) in [7, 11) is 0. The van der Waals surface area contributed by atoms with Crippen molar-refractivity contribution in [2.24, 2.45) is 5.10 Å². The molecular formula is C11H21N3O. The van der Waals surface area contributed by atoms with Crippen molar-refractivity contribution in [1.82, 2.24) is 10.3 Å². The highest BCUT2D eigenvalue weighted by molar-refractivity contribution is 5.86. The highest BCUT2D eigenvalue weighted by Crippen LogP contribution is 2.03. The fraction of sp³-hybridized carbons (Fsp3) is 0.818. The van der Waals surface area contributed by atoms with Gasteiger partial charge in [0.05, 0.1) is 0 Å². The normalized spacial score (nSPS) is 16.3. The lowest BCUT2D eigenvalue weighted by Gasteiger charge is -2.20. The van der Waals surface area contributed by atoms with E-state index in [1.54, 1.807) is 11.9 Å². The van der Waals surface area contributed by atoms with Crippen LogP contribution in [0.15, 0.2) is 5.10 Å². The van der Waals surface area contributed by atoms with Crippen LogP contribution in [0.3, 0.4) is 0 Å². The lowest BCUT2D eigenvalue weighted by molar-refractivity contribution is -0.128. The minimum Gasteiger partial charge on any atom is -0.316 e. The summed E-state index contributed by atoms with van der Waals surface area (Å²) in [5.41, 5.74) is 1.15. The van der Waals surface area contributed by atoms with Gasteiger partial charge in [-0.15, -0.1) is 0 Å². The van der Waals surface area contributed by atoms with Crippen molar-refractivity contribution in [1.29, 1.82) is 0 Å². The van der Waals surface area contributed by atoms with Gasteiger partial charge in [0.2, 0.25) is 5.91 Å². The standard InChI is InChI=1S/C11H21N3O/c1-3-4-9-14(10(2)15)13-11-5-7-12-8-6-11/h12H,3-9H2,1-2H3. The van der Waals surface area contributed by atoms with Gasteiger partial charge in [0.1, 0.15) is 0 Å². The number of nitrogens with zero attached hydrogens (tertiary/aromatic N) is 2. The molecular weight excluding hydrogens is 190 g/mol. The average Bonchev–Trinajstić information content (AvgIpc) is 2.25. The minimum absolute atomic E-state index is 0.0504. The molecule has 1 aliphatic rings. The van der Waals surface area contributed by atoms with Crippen molar-refractivity contribution >= 4 is 11.6 Å². The van der Waals surface area contributed by atoms with Crippen LogP contribution in [-0.4, -0.2) is 36.3 Å². The highest BCUT2D eigenvalue weighted by atomic mass is 16.2. The van der Waals surface area contributed by atoms with Gasteiger partial charge < -0.3 is 5.32 Å². The number of hydrogen-bond donors (Lipinski definition) is 1. The fourth-order valence-electron chi connectivity index (χ4n) is 1.57. The van der Waals surface area contributed by atoms with Gasteiger partial charge >= 0.3 is 0 Å². The fourth-order valence-corrected chi connectivity index (χ4v) is 1.57. The number of piperidine rings is 1. The lowest BCUT2D eigenvalue weighted by atomic mass is 10.1. The molecule has 0 aromatic carbocycles. The number of hydrogen-bond acceptors (Lipinski definition) is 3. The zero-order valence-electron chi connectivity index (χ0n) is 9.75. The first-order chi connectivity index (χ1) is 7.24. The van der Waals surface area contributed by atoms with Crippen molar-refractivity contribution in [3.63, 3.8) is 0 Å². The van der Waals surface area contributed by atoms with Gasteiger partial charge in [0.25, 0.3) is 0 Å². The van der Waals surface area contributed by atoms with Crippen molar-refractivity contribution in [2.75, 3.05) is 19.6 Å². The molecule has 1 amide bonds. The van der Waals surface area contributed by atoms with Gasteiger partial charge in [0, 0.05) is 45.1 Å². The first kappa shape index (κ1) is 12.2. The summed E-state index contributed by atoms with van der Waals surface area (Å²) in [6.07, 6.45) is 4.05. The van der Waals surface area contributed by atoms with E-state index in [4.69, 9.17) is 0 Å². The molecule has 4 nitrogen and oxygen atoms in total. The molecule has 0 spiro atoms. The van der Waals surface area contributed by atoms with E-state index in [1.165, 1.54) is 0 Å². The van der Waals surface area contributed by atoms with Crippen LogP contribution in [0.1, 0.15) is 39.5 Å². The molecule has 0 atom stereocenters. The second-order valence-corrected chi connectivity index (χ2v) is 3.91. The summed E-state index contributed by atoms with van der Waals surface area (Å²) < 4.78 is 0. The quantitative estimate of drug-likeness (QED) is 0.714. The van der Waals surface area contributed by atoms with Gasteiger partial charge in [-0.25, -0.2) is 5.01 Å². The third kappa shape index (κ3) is 4.42. The Balaban J connectivity index is 2.51. The Morgan fingerprint density at radius 1 is 1.47 bits per heavy atom. The summed E-state index contributed by atoms with van der Waals surface area (Å²) in [6.45, 7) is 6.43. The largest absolute Gasteiger partial charge is 0.316 e. The Hall–Kier alpha value is -0.900. The van der Waals surface area contributed by atoms with E-state index < -0.39 is 0 Å². The molecule has 0 aromatic heterocycles. The topological polar surface area (TPSA) is 44.7 Å². The van der Waals surface area contributed by atoms with Crippen molar-refractivity contribution in [3.8, 4) is 0 Å². The first-order valence-electron chi connectivity index (χ1n) is 5.79. The zero-order chi connectivity index (χ0) is 11.1. The second-order valence-electron chi connectivity index (χ2n) is 3.91. The third-order valence-corrected chi connectivity index (χ3v) is 2.53. The predicted octanol–water partition coefficient (Wildman–Crippen LogP) is 1.37. The van der Waals surface area contributed by atoms with Crippen molar-refractivity contribution < 1.29 is 4.79 Å². The van der Waals surface area contributed by atoms with Crippen molar-refractivity contribution in [3.05, 3.63) is 0 Å². The van der Waals surface area contributed by atoms with E-state index in [9.17, 15) is 4.79 Å². The minimum atomic E-state index is 0.0504. The molecule has 0 aliphatic carbocycles. The van der Waals surface area contributed by atoms with E-state index in [1.807, 2.05) is 0 Å². The molecule has 86 valence electrons. The van der Waals surface area contributed by atoms with Crippen LogP contribution in [0.4, 0.5) is 0 Å². The first-order valence-corrected chi connectivity index (χ1v) is 5.79. The van der Waals surface area contributed by atoms with Gasteiger partial charge in [-0.2, -0.15) is 5.10 Å². The van der Waals surface area contributed by atoms with Crippen LogP contribution in [0.2, 0.25) is 0 Å². The molecule has 1 heterocycles. The molecule has 0 unspecified atom stereocenters. The number of unbranched alkanes of at least 4 members (excludes halogenated alkanes) is 1. The van der Waals surface area contributed by atoms with E-state index >= 15 is 0 Å². The molecule has 0 saturated carbocycles. The Kier molecular flexibility index (Phi) is 5.32. The van der Waals surface area contributed by atoms with Crippen LogP contribution in [0.5, 0.6) is 0 Å². The van der Waals surface area contributed by atoms with E-state index in [0.29, 0.717) is 0 Å². The molecule has 15 heavy (non-hydrogen) atoms. The molecule has 1 N–H and O–H groups in total. The monoisotopic (exact) mass is 211 g/mol. The number of hydrazone groups is 1. The van der Waals surface area contributed by atoms with Gasteiger partial charge in [-0.05, 0) is 6.42 Å². The summed E-state index contributed by atoms with van der Waals surface area (Å²) in [5, 5.41) is 9.32. The van der Waals surface area contributed by atoms with E-state index in [2.05, 4.69) is 17.3 Å². The second kappa shape index (κ2) is 6.56. The molecule has 4 heteroatoms. The number of carbonyl (C=O) groups is 1. The maximum Gasteiger partial charge on any atom is 0.239 e. The number of carbonyl (C=O) groups excluding carboxylic acids is 1. The highest BCUT2D eigenvalue weighted by Gasteiger charge is 2.11. The summed E-state index contributed by atoms with van der Waals surface area (Å²) in [6, 6.07) is 0. The van der Waals surface area contributed by atoms with Crippen molar-refractivity contribution in [2.45, 2.75) is 39.5 Å². The number of amides is 1. The Morgan fingerprint density at radius 3 is 2.67 bits per heavy atom. The molecule has 1 fully saturated rings. The van der Waals surface area contributed by atoms with E-state index in [-0.39, 0.29) is 5.91 Å². The van der Waals surface area contributed by atoms with Crippen LogP contribution >= 0.6 is 0 Å². The summed E-state index contributed by atoms with van der Waals surface area (Å²) >= 11 is 0. The maximum atomic E-state index is 11.3. The van der Waals surface area contributed by atoms with Crippen LogP contribution < -0.4 is 5.32 Å². The molecule has 0 radical (unpaired) electrons. The molecule has 1 rings (SSSR count). The summed E-state index contributed by atoms with van der Waals surface area (Å²) in [4.78, 5) is 11.3. The smallest absolute Gasteiger partial charge is 0.239 e. The average molecular weight is 211 g/mol. The van der Waals surface area contributed by atoms with Gasteiger partial charge in [-0.1, -0.05) is 13.3 Å². The zero-order valence-corrected chi connectivity index (χ0v) is 9.75. The Bertz CT molecular complexity index is 230. The Morgan fingerprint density at radius 2 is 2.13 bits per heavy atom. The molecule has 0 aromatic rings. The molecule has 1 saturated heterocycles. The third-order valence-electron chi connectivity index (χ3n) is 2.53. The van der Waals surface area contributed by atoms with E-state index in [0.717, 1.165) is 51.0 Å². The predicted molar refractivity (Wildman–Crippen MR) is 61.8 cm³/mol. The van der Waals surface area contributed by atoms with Crippen LogP contribution in [0.25, 0.3) is 0 Å². The molecule has 0 bridgehead atoms. The lowest BCUT2D eigenvalue weighted by Crippen LogP contribution is -2.31. The van der Waals surface area contributed by atoms with Crippen LogP contribution in [0, 0.1) is 0 Å². The van der Waals surface area contributed by atoms with Gasteiger partial charge in [0.15, 0.2) is 0 Å². The number of nitrogens with one attached hydrogen (secondary N) is 1. The SMILES string of the molecule is CCCCN(N=C1CCNCC1)C(C)=O. The van der Waals surface area contributed by atoms with Crippen LogP contribution in [-0.2, 0) is 4.79 Å². The molecule has 1 aliphatic heterocycles. The summed E-state index contributed by atoms with van der Waals surface area (Å²) in [5.74, 6) is 0.0504. The van der Waals surface area contributed by atoms with Gasteiger partial charge in [-0.3, -0.25) is 4.79 Å². The Labute approximate surface area is 91.7 Å².